The van der Waals surface area contributed by atoms with E-state index in [1.807, 2.05) is 0 Å². The molecule has 1 amide bonds. The Bertz CT molecular complexity index is 529. The Morgan fingerprint density at radius 3 is 2.60 bits per heavy atom. The van der Waals surface area contributed by atoms with Crippen molar-refractivity contribution in [3.63, 3.8) is 0 Å². The average molecular weight is 280 g/mol. The van der Waals surface area contributed by atoms with E-state index in [0.29, 0.717) is 5.56 Å². The molecule has 0 bridgehead atoms. The zero-order valence-corrected chi connectivity index (χ0v) is 11.3. The van der Waals surface area contributed by atoms with Gasteiger partial charge in [0, 0.05) is 25.6 Å². The van der Waals surface area contributed by atoms with Crippen LogP contribution in [0.1, 0.15) is 31.4 Å². The molecule has 108 valence electrons. The second-order valence-corrected chi connectivity index (χ2v) is 4.43. The molecule has 7 heteroatoms. The molecular weight excluding hydrogens is 264 g/mol. The Labute approximate surface area is 116 Å². The molecule has 0 aliphatic carbocycles. The van der Waals surface area contributed by atoms with Crippen LogP contribution in [0.5, 0.6) is 0 Å². The summed E-state index contributed by atoms with van der Waals surface area (Å²) < 4.78 is 0. The number of non-ortho nitro benzene ring substituents is 1. The second kappa shape index (κ2) is 6.65. The first-order valence-electron chi connectivity index (χ1n) is 6.04. The number of benzene rings is 1. The lowest BCUT2D eigenvalue weighted by atomic mass is 10.1. The van der Waals surface area contributed by atoms with Crippen molar-refractivity contribution in [3.8, 4) is 0 Å². The van der Waals surface area contributed by atoms with Crippen molar-refractivity contribution in [2.45, 2.75) is 25.8 Å². The number of carbonyl (C=O) groups is 2. The summed E-state index contributed by atoms with van der Waals surface area (Å²) in [6, 6.07) is 5.67. The highest BCUT2D eigenvalue weighted by atomic mass is 16.6. The fourth-order valence-corrected chi connectivity index (χ4v) is 1.73. The fourth-order valence-electron chi connectivity index (χ4n) is 1.73. The minimum atomic E-state index is -1.03. The standard InChI is InChI=1S/C13H16N2O5/c1-9(14(2)12(16)6-7-13(17)18)10-4-3-5-11(8-10)15(19)20/h3-5,8-9H,6-7H2,1-2H3,(H,17,18). The van der Waals surface area contributed by atoms with E-state index in [-0.39, 0.29) is 30.5 Å². The van der Waals surface area contributed by atoms with Crippen LogP contribution < -0.4 is 0 Å². The molecule has 1 unspecified atom stereocenters. The summed E-state index contributed by atoms with van der Waals surface area (Å²) in [4.78, 5) is 33.9. The molecule has 0 spiro atoms. The summed E-state index contributed by atoms with van der Waals surface area (Å²) in [6.07, 6.45) is -0.323. The molecule has 0 saturated carbocycles. The molecule has 0 aliphatic rings. The van der Waals surface area contributed by atoms with Gasteiger partial charge in [-0.05, 0) is 12.5 Å². The zero-order valence-electron chi connectivity index (χ0n) is 11.3. The predicted octanol–water partition coefficient (Wildman–Crippen LogP) is 1.98. The van der Waals surface area contributed by atoms with Gasteiger partial charge in [0.1, 0.15) is 0 Å². The van der Waals surface area contributed by atoms with Crippen LogP contribution in [0.3, 0.4) is 0 Å². The molecular formula is C13H16N2O5. The van der Waals surface area contributed by atoms with E-state index in [0.717, 1.165) is 0 Å². The van der Waals surface area contributed by atoms with Crippen LogP contribution in [0.4, 0.5) is 5.69 Å². The van der Waals surface area contributed by atoms with E-state index >= 15 is 0 Å². The minimum absolute atomic E-state index is 0.0410. The monoisotopic (exact) mass is 280 g/mol. The first kappa shape index (κ1) is 15.6. The van der Waals surface area contributed by atoms with Crippen LogP contribution in [-0.2, 0) is 9.59 Å². The summed E-state index contributed by atoms with van der Waals surface area (Å²) in [7, 11) is 1.55. The topological polar surface area (TPSA) is 101 Å². The minimum Gasteiger partial charge on any atom is -0.481 e. The maximum absolute atomic E-state index is 11.8. The van der Waals surface area contributed by atoms with Gasteiger partial charge < -0.3 is 10.0 Å². The van der Waals surface area contributed by atoms with Crippen molar-refractivity contribution in [3.05, 3.63) is 39.9 Å². The highest BCUT2D eigenvalue weighted by molar-refractivity contribution is 5.80. The Balaban J connectivity index is 2.80. The van der Waals surface area contributed by atoms with Crippen LogP contribution in [-0.4, -0.2) is 33.9 Å². The number of nitro benzene ring substituents is 1. The van der Waals surface area contributed by atoms with Crippen LogP contribution in [0.2, 0.25) is 0 Å². The van der Waals surface area contributed by atoms with Crippen LogP contribution in [0.25, 0.3) is 0 Å². The molecule has 1 aromatic carbocycles. The molecule has 0 radical (unpaired) electrons. The van der Waals surface area contributed by atoms with Gasteiger partial charge in [-0.1, -0.05) is 12.1 Å². The molecule has 20 heavy (non-hydrogen) atoms. The van der Waals surface area contributed by atoms with Gasteiger partial charge >= 0.3 is 5.97 Å². The molecule has 1 aromatic rings. The van der Waals surface area contributed by atoms with Gasteiger partial charge in [-0.15, -0.1) is 0 Å². The number of hydrogen-bond acceptors (Lipinski definition) is 4. The van der Waals surface area contributed by atoms with E-state index in [9.17, 15) is 19.7 Å². The molecule has 1 atom stereocenters. The first-order valence-corrected chi connectivity index (χ1v) is 6.04. The van der Waals surface area contributed by atoms with Crippen LogP contribution in [0.15, 0.2) is 24.3 Å². The lowest BCUT2D eigenvalue weighted by Gasteiger charge is -2.25. The molecule has 0 heterocycles. The first-order chi connectivity index (χ1) is 9.32. The second-order valence-electron chi connectivity index (χ2n) is 4.43. The van der Waals surface area contributed by atoms with Crippen molar-refractivity contribution in [2.24, 2.45) is 0 Å². The van der Waals surface area contributed by atoms with Gasteiger partial charge in [0.25, 0.3) is 5.69 Å². The summed E-state index contributed by atoms with van der Waals surface area (Å²) in [5, 5.41) is 19.3. The van der Waals surface area contributed by atoms with Crippen molar-refractivity contribution >= 4 is 17.6 Å². The van der Waals surface area contributed by atoms with Gasteiger partial charge in [-0.25, -0.2) is 0 Å². The molecule has 0 fully saturated rings. The largest absolute Gasteiger partial charge is 0.481 e. The van der Waals surface area contributed by atoms with Crippen molar-refractivity contribution in [1.82, 2.24) is 4.90 Å². The molecule has 0 aromatic heterocycles. The Morgan fingerprint density at radius 1 is 1.40 bits per heavy atom. The fraction of sp³-hybridized carbons (Fsp3) is 0.385. The molecule has 7 nitrogen and oxygen atoms in total. The summed E-state index contributed by atoms with van der Waals surface area (Å²) in [6.45, 7) is 1.73. The number of nitro groups is 1. The van der Waals surface area contributed by atoms with Crippen LogP contribution in [0, 0.1) is 10.1 Å². The number of carboxylic acid groups (broad SMARTS) is 1. The Kier molecular flexibility index (Phi) is 5.19. The Hall–Kier alpha value is -2.44. The van der Waals surface area contributed by atoms with E-state index in [1.54, 1.807) is 26.1 Å². The third-order valence-electron chi connectivity index (χ3n) is 3.09. The van der Waals surface area contributed by atoms with Crippen LogP contribution >= 0.6 is 0 Å². The molecule has 0 aliphatic heterocycles. The normalized spacial score (nSPS) is 11.7. The summed E-state index contributed by atoms with van der Waals surface area (Å²) in [5.74, 6) is -1.35. The SMILES string of the molecule is CC(c1cccc([N+](=O)[O-])c1)N(C)C(=O)CCC(=O)O. The van der Waals surface area contributed by atoms with Gasteiger partial charge in [-0.2, -0.15) is 0 Å². The maximum atomic E-state index is 11.8. The number of aliphatic carboxylic acids is 1. The highest BCUT2D eigenvalue weighted by Gasteiger charge is 2.19. The van der Waals surface area contributed by atoms with Crippen molar-refractivity contribution in [2.75, 3.05) is 7.05 Å². The molecule has 1 N–H and O–H groups in total. The lowest BCUT2D eigenvalue weighted by molar-refractivity contribution is -0.384. The summed E-state index contributed by atoms with van der Waals surface area (Å²) in [5.41, 5.74) is 0.589. The third-order valence-corrected chi connectivity index (χ3v) is 3.09. The number of amides is 1. The predicted molar refractivity (Wildman–Crippen MR) is 71.2 cm³/mol. The number of rotatable bonds is 6. The number of nitrogens with zero attached hydrogens (tertiary/aromatic N) is 2. The quantitative estimate of drug-likeness (QED) is 0.634. The third kappa shape index (κ3) is 4.04. The zero-order chi connectivity index (χ0) is 15.3. The highest BCUT2D eigenvalue weighted by Crippen LogP contribution is 2.23. The molecule has 1 rings (SSSR count). The average Bonchev–Trinajstić information content (AvgIpc) is 2.43. The van der Waals surface area contributed by atoms with Gasteiger partial charge in [0.05, 0.1) is 17.4 Å². The lowest BCUT2D eigenvalue weighted by Crippen LogP contribution is -2.29. The van der Waals surface area contributed by atoms with E-state index in [1.165, 1.54) is 17.0 Å². The van der Waals surface area contributed by atoms with Crippen molar-refractivity contribution < 1.29 is 19.6 Å². The van der Waals surface area contributed by atoms with Crippen molar-refractivity contribution in [1.29, 1.82) is 0 Å². The number of hydrogen-bond donors (Lipinski definition) is 1. The number of carboxylic acids is 1. The van der Waals surface area contributed by atoms with E-state index < -0.39 is 10.9 Å². The smallest absolute Gasteiger partial charge is 0.303 e. The number of carbonyl (C=O) groups excluding carboxylic acids is 1. The Morgan fingerprint density at radius 2 is 2.05 bits per heavy atom. The van der Waals surface area contributed by atoms with E-state index in [4.69, 9.17) is 5.11 Å². The molecule has 0 saturated heterocycles. The van der Waals surface area contributed by atoms with Gasteiger partial charge in [-0.3, -0.25) is 19.7 Å². The van der Waals surface area contributed by atoms with E-state index in [2.05, 4.69) is 0 Å². The van der Waals surface area contributed by atoms with Gasteiger partial charge in [0.15, 0.2) is 0 Å². The maximum Gasteiger partial charge on any atom is 0.303 e. The van der Waals surface area contributed by atoms with Gasteiger partial charge in [0.2, 0.25) is 5.91 Å². The summed E-state index contributed by atoms with van der Waals surface area (Å²) >= 11 is 0.